The van der Waals surface area contributed by atoms with E-state index in [4.69, 9.17) is 4.74 Å². The predicted molar refractivity (Wildman–Crippen MR) is 67.7 cm³/mol. The smallest absolute Gasteiger partial charge is 0.212 e. The van der Waals surface area contributed by atoms with E-state index in [2.05, 4.69) is 9.97 Å². The summed E-state index contributed by atoms with van der Waals surface area (Å²) in [4.78, 5) is 19.9. The van der Waals surface area contributed by atoms with Crippen molar-refractivity contribution in [2.45, 2.75) is 20.0 Å². The van der Waals surface area contributed by atoms with E-state index < -0.39 is 0 Å². The summed E-state index contributed by atoms with van der Waals surface area (Å²) in [6.45, 7) is 3.91. The molecule has 0 amide bonds. The van der Waals surface area contributed by atoms with Crippen LogP contribution >= 0.6 is 0 Å². The van der Waals surface area contributed by atoms with Crippen LogP contribution in [0.3, 0.4) is 0 Å². The molecule has 0 saturated heterocycles. The summed E-state index contributed by atoms with van der Waals surface area (Å²) in [5.41, 5.74) is 0.918. The van der Waals surface area contributed by atoms with Crippen molar-refractivity contribution in [1.29, 1.82) is 0 Å². The zero-order valence-corrected chi connectivity index (χ0v) is 10.3. The molecular formula is C14H14N2O2. The lowest BCUT2D eigenvalue weighted by Crippen LogP contribution is -2.07. The van der Waals surface area contributed by atoms with Crippen LogP contribution < -0.4 is 4.74 Å². The molecule has 0 bridgehead atoms. The van der Waals surface area contributed by atoms with Crippen molar-refractivity contribution in [2.24, 2.45) is 0 Å². The SMILES string of the molecule is CC(C)Oc1ccc(C(=O)c2cnccn2)cc1. The van der Waals surface area contributed by atoms with Gasteiger partial charge in [-0.05, 0) is 38.1 Å². The van der Waals surface area contributed by atoms with Crippen LogP contribution in [0, 0.1) is 0 Å². The molecule has 0 fully saturated rings. The Balaban J connectivity index is 2.17. The Kier molecular flexibility index (Phi) is 3.67. The van der Waals surface area contributed by atoms with Crippen LogP contribution in [0.1, 0.15) is 29.9 Å². The minimum atomic E-state index is -0.140. The van der Waals surface area contributed by atoms with Crippen molar-refractivity contribution < 1.29 is 9.53 Å². The monoisotopic (exact) mass is 242 g/mol. The van der Waals surface area contributed by atoms with Gasteiger partial charge >= 0.3 is 0 Å². The van der Waals surface area contributed by atoms with E-state index in [9.17, 15) is 4.79 Å². The topological polar surface area (TPSA) is 52.1 Å². The third-order valence-electron chi connectivity index (χ3n) is 2.28. The summed E-state index contributed by atoms with van der Waals surface area (Å²) in [7, 11) is 0. The lowest BCUT2D eigenvalue weighted by Gasteiger charge is -2.09. The Hall–Kier alpha value is -2.23. The number of ketones is 1. The number of benzene rings is 1. The highest BCUT2D eigenvalue weighted by Gasteiger charge is 2.10. The van der Waals surface area contributed by atoms with Crippen molar-refractivity contribution in [3.05, 3.63) is 54.1 Å². The zero-order chi connectivity index (χ0) is 13.0. The van der Waals surface area contributed by atoms with Crippen molar-refractivity contribution >= 4 is 5.78 Å². The van der Waals surface area contributed by atoms with Crippen molar-refractivity contribution in [2.75, 3.05) is 0 Å². The quantitative estimate of drug-likeness (QED) is 0.773. The van der Waals surface area contributed by atoms with Crippen molar-refractivity contribution in [3.8, 4) is 5.75 Å². The van der Waals surface area contributed by atoms with Gasteiger partial charge in [-0.2, -0.15) is 0 Å². The standard InChI is InChI=1S/C14H14N2O2/c1-10(2)18-12-5-3-11(4-6-12)14(17)13-9-15-7-8-16-13/h3-10H,1-2H3. The molecule has 0 atom stereocenters. The first kappa shape index (κ1) is 12.2. The van der Waals surface area contributed by atoms with Gasteiger partial charge < -0.3 is 4.74 Å². The van der Waals surface area contributed by atoms with Gasteiger partial charge in [-0.25, -0.2) is 4.98 Å². The lowest BCUT2D eigenvalue weighted by atomic mass is 10.1. The van der Waals surface area contributed by atoms with Crippen molar-refractivity contribution in [3.63, 3.8) is 0 Å². The van der Waals surface area contributed by atoms with E-state index >= 15 is 0 Å². The minimum Gasteiger partial charge on any atom is -0.491 e. The molecule has 18 heavy (non-hydrogen) atoms. The van der Waals surface area contributed by atoms with Crippen LogP contribution in [0.25, 0.3) is 0 Å². The maximum Gasteiger partial charge on any atom is 0.212 e. The molecule has 0 aliphatic carbocycles. The van der Waals surface area contributed by atoms with Crippen LogP contribution in [0.15, 0.2) is 42.9 Å². The molecule has 0 N–H and O–H groups in total. The average molecular weight is 242 g/mol. The molecule has 1 aromatic heterocycles. The highest BCUT2D eigenvalue weighted by Crippen LogP contribution is 2.15. The number of ether oxygens (including phenoxy) is 1. The summed E-state index contributed by atoms with van der Waals surface area (Å²) in [5, 5.41) is 0. The van der Waals surface area contributed by atoms with Crippen LogP contribution in [0.4, 0.5) is 0 Å². The Morgan fingerprint density at radius 2 is 1.89 bits per heavy atom. The lowest BCUT2D eigenvalue weighted by molar-refractivity contribution is 0.103. The van der Waals surface area contributed by atoms with E-state index in [0.29, 0.717) is 11.3 Å². The summed E-state index contributed by atoms with van der Waals surface area (Å²) in [6.07, 6.45) is 4.62. The second kappa shape index (κ2) is 5.40. The number of carbonyl (C=O) groups excluding carboxylic acids is 1. The molecule has 2 rings (SSSR count). The van der Waals surface area contributed by atoms with E-state index in [1.54, 1.807) is 24.3 Å². The number of hydrogen-bond acceptors (Lipinski definition) is 4. The number of carbonyl (C=O) groups is 1. The van der Waals surface area contributed by atoms with Gasteiger partial charge in [0.1, 0.15) is 11.4 Å². The molecule has 4 nitrogen and oxygen atoms in total. The number of aromatic nitrogens is 2. The Morgan fingerprint density at radius 1 is 1.17 bits per heavy atom. The summed E-state index contributed by atoms with van der Waals surface area (Å²) < 4.78 is 5.52. The Bertz CT molecular complexity index is 521. The summed E-state index contributed by atoms with van der Waals surface area (Å²) in [5.74, 6) is 0.611. The molecule has 0 aliphatic heterocycles. The van der Waals surface area contributed by atoms with Crippen molar-refractivity contribution in [1.82, 2.24) is 9.97 Å². The van der Waals surface area contributed by atoms with E-state index in [1.165, 1.54) is 18.6 Å². The average Bonchev–Trinajstić information content (AvgIpc) is 2.39. The van der Waals surface area contributed by atoms with Crippen LogP contribution in [-0.2, 0) is 0 Å². The van der Waals surface area contributed by atoms with Gasteiger partial charge in [0.25, 0.3) is 0 Å². The van der Waals surface area contributed by atoms with Crippen LogP contribution in [0.2, 0.25) is 0 Å². The van der Waals surface area contributed by atoms with E-state index in [1.807, 2.05) is 13.8 Å². The van der Waals surface area contributed by atoms with Gasteiger partial charge in [0.2, 0.25) is 5.78 Å². The molecule has 1 aromatic carbocycles. The first-order valence-corrected chi connectivity index (χ1v) is 5.74. The Morgan fingerprint density at radius 3 is 2.44 bits per heavy atom. The second-order valence-electron chi connectivity index (χ2n) is 4.11. The number of hydrogen-bond donors (Lipinski definition) is 0. The highest BCUT2D eigenvalue weighted by atomic mass is 16.5. The van der Waals surface area contributed by atoms with Gasteiger partial charge in [0, 0.05) is 18.0 Å². The molecule has 2 aromatic rings. The molecular weight excluding hydrogens is 228 g/mol. The normalized spacial score (nSPS) is 10.4. The van der Waals surface area contributed by atoms with Crippen LogP contribution in [0.5, 0.6) is 5.75 Å². The predicted octanol–water partition coefficient (Wildman–Crippen LogP) is 2.49. The first-order chi connectivity index (χ1) is 8.66. The van der Waals surface area contributed by atoms with Gasteiger partial charge in [0.05, 0.1) is 12.3 Å². The van der Waals surface area contributed by atoms with Crippen LogP contribution in [-0.4, -0.2) is 21.9 Å². The third-order valence-corrected chi connectivity index (χ3v) is 2.28. The number of rotatable bonds is 4. The summed E-state index contributed by atoms with van der Waals surface area (Å²) >= 11 is 0. The van der Waals surface area contributed by atoms with Gasteiger partial charge in [-0.3, -0.25) is 9.78 Å². The molecule has 92 valence electrons. The fraction of sp³-hybridized carbons (Fsp3) is 0.214. The molecule has 0 aliphatic rings. The molecule has 1 heterocycles. The Labute approximate surface area is 106 Å². The van der Waals surface area contributed by atoms with Gasteiger partial charge in [0.15, 0.2) is 0 Å². The third kappa shape index (κ3) is 2.91. The van der Waals surface area contributed by atoms with Gasteiger partial charge in [-0.1, -0.05) is 0 Å². The zero-order valence-electron chi connectivity index (χ0n) is 10.3. The fourth-order valence-corrected chi connectivity index (χ4v) is 1.52. The molecule has 0 radical (unpaired) electrons. The molecule has 0 spiro atoms. The minimum absolute atomic E-state index is 0.117. The fourth-order valence-electron chi connectivity index (χ4n) is 1.52. The summed E-state index contributed by atoms with van der Waals surface area (Å²) in [6, 6.07) is 7.02. The maximum atomic E-state index is 12.0. The van der Waals surface area contributed by atoms with Gasteiger partial charge in [-0.15, -0.1) is 0 Å². The maximum absolute atomic E-state index is 12.0. The molecule has 0 saturated carbocycles. The second-order valence-corrected chi connectivity index (χ2v) is 4.11. The number of nitrogens with zero attached hydrogens (tertiary/aromatic N) is 2. The largest absolute Gasteiger partial charge is 0.491 e. The van der Waals surface area contributed by atoms with E-state index in [0.717, 1.165) is 5.75 Å². The molecule has 0 unspecified atom stereocenters. The first-order valence-electron chi connectivity index (χ1n) is 5.74. The highest BCUT2D eigenvalue weighted by molar-refractivity contribution is 6.07. The molecule has 4 heteroatoms. The van der Waals surface area contributed by atoms with E-state index in [-0.39, 0.29) is 11.9 Å².